The highest BCUT2D eigenvalue weighted by molar-refractivity contribution is 7.18. The maximum atomic E-state index is 6.05. The summed E-state index contributed by atoms with van der Waals surface area (Å²) in [6.45, 7) is 0. The molecule has 0 saturated carbocycles. The number of nitrogens with zero attached hydrogens (tertiary/aromatic N) is 2. The molecule has 78 valence electrons. The van der Waals surface area contributed by atoms with Gasteiger partial charge < -0.3 is 5.32 Å². The van der Waals surface area contributed by atoms with Crippen LogP contribution < -0.4 is 5.32 Å². The first kappa shape index (κ1) is 10.7. The molecule has 0 radical (unpaired) electrons. The van der Waals surface area contributed by atoms with Gasteiger partial charge in [0.05, 0.1) is 5.02 Å². The van der Waals surface area contributed by atoms with E-state index in [2.05, 4.69) is 15.5 Å². The van der Waals surface area contributed by atoms with Crippen molar-refractivity contribution in [2.24, 2.45) is 0 Å². The lowest BCUT2D eigenvalue weighted by Gasteiger charge is -1.99. The third-order valence-electron chi connectivity index (χ3n) is 1.80. The zero-order valence-corrected chi connectivity index (χ0v) is 10.1. The van der Waals surface area contributed by atoms with Crippen molar-refractivity contribution in [1.29, 1.82) is 0 Å². The van der Waals surface area contributed by atoms with Gasteiger partial charge in [0.15, 0.2) is 5.01 Å². The van der Waals surface area contributed by atoms with Gasteiger partial charge in [-0.3, -0.25) is 0 Å². The lowest BCUT2D eigenvalue weighted by molar-refractivity contribution is 1.09. The molecule has 15 heavy (non-hydrogen) atoms. The molecular formula is C9H7Cl2N3S. The summed E-state index contributed by atoms with van der Waals surface area (Å²) in [6.07, 6.45) is 0. The maximum absolute atomic E-state index is 6.05. The molecule has 0 atom stereocenters. The number of hydrogen-bond acceptors (Lipinski definition) is 4. The monoisotopic (exact) mass is 259 g/mol. The number of halogens is 2. The summed E-state index contributed by atoms with van der Waals surface area (Å²) in [4.78, 5) is 0. The molecule has 6 heteroatoms. The molecule has 1 aromatic carbocycles. The zero-order valence-electron chi connectivity index (χ0n) is 7.79. The van der Waals surface area contributed by atoms with Crippen molar-refractivity contribution in [3.05, 3.63) is 28.2 Å². The van der Waals surface area contributed by atoms with Crippen LogP contribution in [-0.2, 0) is 0 Å². The van der Waals surface area contributed by atoms with Crippen LogP contribution in [0.25, 0.3) is 10.6 Å². The lowest BCUT2D eigenvalue weighted by atomic mass is 10.2. The minimum atomic E-state index is 0.585. The van der Waals surface area contributed by atoms with Crippen LogP contribution in [0.5, 0.6) is 0 Å². The third kappa shape index (κ3) is 2.22. The van der Waals surface area contributed by atoms with E-state index in [1.165, 1.54) is 11.3 Å². The highest BCUT2D eigenvalue weighted by Crippen LogP contribution is 2.33. The van der Waals surface area contributed by atoms with E-state index in [-0.39, 0.29) is 0 Å². The SMILES string of the molecule is CNc1nnc(-c2ccc(Cl)cc2Cl)s1. The fraction of sp³-hybridized carbons (Fsp3) is 0.111. The van der Waals surface area contributed by atoms with Crippen molar-refractivity contribution in [2.75, 3.05) is 12.4 Å². The number of anilines is 1. The lowest BCUT2D eigenvalue weighted by Crippen LogP contribution is -1.84. The fourth-order valence-corrected chi connectivity index (χ4v) is 2.39. The standard InChI is InChI=1S/C9H7Cl2N3S/c1-12-9-14-13-8(15-9)6-3-2-5(10)4-7(6)11/h2-4H,1H3,(H,12,14). The molecule has 0 unspecified atom stereocenters. The van der Waals surface area contributed by atoms with Crippen molar-refractivity contribution in [2.45, 2.75) is 0 Å². The molecular weight excluding hydrogens is 253 g/mol. The Bertz CT molecular complexity index is 484. The van der Waals surface area contributed by atoms with Gasteiger partial charge in [0.2, 0.25) is 5.13 Å². The van der Waals surface area contributed by atoms with E-state index < -0.39 is 0 Å². The molecule has 0 saturated heterocycles. The summed E-state index contributed by atoms with van der Waals surface area (Å²) in [7, 11) is 1.80. The van der Waals surface area contributed by atoms with Gasteiger partial charge in [0, 0.05) is 17.6 Å². The zero-order chi connectivity index (χ0) is 10.8. The van der Waals surface area contributed by atoms with Gasteiger partial charge in [-0.15, -0.1) is 10.2 Å². The van der Waals surface area contributed by atoms with E-state index in [1.54, 1.807) is 19.2 Å². The van der Waals surface area contributed by atoms with Crippen LogP contribution in [0.3, 0.4) is 0 Å². The number of hydrogen-bond donors (Lipinski definition) is 1. The van der Waals surface area contributed by atoms with Gasteiger partial charge in [0.1, 0.15) is 0 Å². The predicted molar refractivity (Wildman–Crippen MR) is 64.9 cm³/mol. The smallest absolute Gasteiger partial charge is 0.205 e. The maximum Gasteiger partial charge on any atom is 0.205 e. The molecule has 0 bridgehead atoms. The second-order valence-corrected chi connectivity index (χ2v) is 4.61. The van der Waals surface area contributed by atoms with Crippen LogP contribution in [0.15, 0.2) is 18.2 Å². The summed E-state index contributed by atoms with van der Waals surface area (Å²) >= 11 is 13.3. The molecule has 0 spiro atoms. The quantitative estimate of drug-likeness (QED) is 0.897. The van der Waals surface area contributed by atoms with E-state index in [9.17, 15) is 0 Å². The van der Waals surface area contributed by atoms with Crippen molar-refractivity contribution in [3.8, 4) is 10.6 Å². The molecule has 1 N–H and O–H groups in total. The molecule has 0 aliphatic carbocycles. The van der Waals surface area contributed by atoms with Crippen LogP contribution >= 0.6 is 34.5 Å². The Morgan fingerprint density at radius 3 is 2.67 bits per heavy atom. The normalized spacial score (nSPS) is 10.3. The van der Waals surface area contributed by atoms with E-state index in [0.29, 0.717) is 10.0 Å². The Labute approximate surface area is 101 Å². The third-order valence-corrected chi connectivity index (χ3v) is 3.32. The Balaban J connectivity index is 2.44. The molecule has 3 nitrogen and oxygen atoms in total. The van der Waals surface area contributed by atoms with Crippen LogP contribution in [0.2, 0.25) is 10.0 Å². The minimum absolute atomic E-state index is 0.585. The Kier molecular flexibility index (Phi) is 3.09. The largest absolute Gasteiger partial charge is 0.363 e. The molecule has 1 heterocycles. The van der Waals surface area contributed by atoms with Crippen molar-refractivity contribution in [3.63, 3.8) is 0 Å². The Morgan fingerprint density at radius 2 is 2.07 bits per heavy atom. The van der Waals surface area contributed by atoms with Crippen LogP contribution in [0.1, 0.15) is 0 Å². The van der Waals surface area contributed by atoms with Gasteiger partial charge in [-0.1, -0.05) is 34.5 Å². The second kappa shape index (κ2) is 4.35. The van der Waals surface area contributed by atoms with Crippen LogP contribution in [-0.4, -0.2) is 17.2 Å². The number of rotatable bonds is 2. The molecule has 0 fully saturated rings. The number of nitrogens with one attached hydrogen (secondary N) is 1. The summed E-state index contributed by atoms with van der Waals surface area (Å²) in [6, 6.07) is 5.31. The minimum Gasteiger partial charge on any atom is -0.363 e. The van der Waals surface area contributed by atoms with Gasteiger partial charge in [-0.25, -0.2) is 0 Å². The summed E-state index contributed by atoms with van der Waals surface area (Å²) in [5.74, 6) is 0. The molecule has 0 aliphatic heterocycles. The van der Waals surface area contributed by atoms with Gasteiger partial charge in [0.25, 0.3) is 0 Å². The molecule has 1 aromatic heterocycles. The average molecular weight is 260 g/mol. The first-order valence-corrected chi connectivity index (χ1v) is 5.74. The molecule has 0 aliphatic rings. The van der Waals surface area contributed by atoms with E-state index in [1.807, 2.05) is 6.07 Å². The topological polar surface area (TPSA) is 37.8 Å². The van der Waals surface area contributed by atoms with Crippen LogP contribution in [0.4, 0.5) is 5.13 Å². The van der Waals surface area contributed by atoms with E-state index in [4.69, 9.17) is 23.2 Å². The highest BCUT2D eigenvalue weighted by Gasteiger charge is 2.09. The second-order valence-electron chi connectivity index (χ2n) is 2.79. The Morgan fingerprint density at radius 1 is 1.27 bits per heavy atom. The van der Waals surface area contributed by atoms with Crippen molar-refractivity contribution < 1.29 is 0 Å². The number of benzene rings is 1. The van der Waals surface area contributed by atoms with Gasteiger partial charge >= 0.3 is 0 Å². The summed E-state index contributed by atoms with van der Waals surface area (Å²) in [5.41, 5.74) is 0.847. The molecule has 0 amide bonds. The van der Waals surface area contributed by atoms with Gasteiger partial charge in [-0.05, 0) is 18.2 Å². The highest BCUT2D eigenvalue weighted by atomic mass is 35.5. The summed E-state index contributed by atoms with van der Waals surface area (Å²) < 4.78 is 0. The van der Waals surface area contributed by atoms with Gasteiger partial charge in [-0.2, -0.15) is 0 Å². The van der Waals surface area contributed by atoms with E-state index >= 15 is 0 Å². The molecule has 2 rings (SSSR count). The van der Waals surface area contributed by atoms with E-state index in [0.717, 1.165) is 15.7 Å². The Hall–Kier alpha value is -0.840. The average Bonchev–Trinajstić information content (AvgIpc) is 2.66. The molecule has 2 aromatic rings. The first-order chi connectivity index (χ1) is 7.20. The predicted octanol–water partition coefficient (Wildman–Crippen LogP) is 3.55. The number of aromatic nitrogens is 2. The fourth-order valence-electron chi connectivity index (χ4n) is 1.10. The van der Waals surface area contributed by atoms with Crippen LogP contribution in [0, 0.1) is 0 Å². The summed E-state index contributed by atoms with van der Waals surface area (Å²) in [5, 5.41) is 13.6. The van der Waals surface area contributed by atoms with Crippen molar-refractivity contribution >= 4 is 39.7 Å². The first-order valence-electron chi connectivity index (χ1n) is 4.17. The van der Waals surface area contributed by atoms with Crippen molar-refractivity contribution in [1.82, 2.24) is 10.2 Å².